The van der Waals surface area contributed by atoms with Crippen molar-refractivity contribution in [3.05, 3.63) is 16.4 Å². The molecule has 2 rings (SSSR count). The molecule has 6 heteroatoms. The number of aromatic nitrogens is 2. The molecule has 5 nitrogen and oxygen atoms in total. The van der Waals surface area contributed by atoms with Gasteiger partial charge in [0.05, 0.1) is 41.7 Å². The van der Waals surface area contributed by atoms with Crippen LogP contribution in [0, 0.1) is 5.92 Å². The highest BCUT2D eigenvalue weighted by Crippen LogP contribution is 2.36. The van der Waals surface area contributed by atoms with Gasteiger partial charge in [0.25, 0.3) is 0 Å². The Hall–Kier alpha value is -0.430. The fraction of sp³-hybridized carbons (Fsp3) is 0.769. The standard InChI is InChI=1S/C13H22BrN3O2/c1-9-10(4-6-19-9)12(15-2)13-11(14)8-16-17(13)5-7-18-3/h8-10,12,15H,4-7H2,1-3H3. The third-order valence-corrected chi connectivity index (χ3v) is 4.42. The predicted octanol–water partition coefficient (Wildman–Crippen LogP) is 1.98. The van der Waals surface area contributed by atoms with Gasteiger partial charge >= 0.3 is 0 Å². The number of ether oxygens (including phenoxy) is 2. The maximum atomic E-state index is 5.70. The first-order valence-electron chi connectivity index (χ1n) is 6.68. The average molecular weight is 332 g/mol. The van der Waals surface area contributed by atoms with Crippen LogP contribution in [0.4, 0.5) is 0 Å². The van der Waals surface area contributed by atoms with Crippen LogP contribution >= 0.6 is 15.9 Å². The molecule has 1 aliphatic rings. The summed E-state index contributed by atoms with van der Waals surface area (Å²) in [5.74, 6) is 0.472. The van der Waals surface area contributed by atoms with Crippen LogP contribution in [0.3, 0.4) is 0 Å². The number of nitrogens with zero attached hydrogens (tertiary/aromatic N) is 2. The van der Waals surface area contributed by atoms with E-state index in [0.29, 0.717) is 12.5 Å². The molecule has 0 aliphatic carbocycles. The summed E-state index contributed by atoms with van der Waals surface area (Å²) in [6, 6.07) is 0.242. The molecule has 1 aromatic rings. The number of halogens is 1. The van der Waals surface area contributed by atoms with E-state index in [1.54, 1.807) is 7.11 Å². The van der Waals surface area contributed by atoms with E-state index in [1.165, 1.54) is 5.69 Å². The van der Waals surface area contributed by atoms with Crippen molar-refractivity contribution in [2.75, 3.05) is 27.4 Å². The highest BCUT2D eigenvalue weighted by molar-refractivity contribution is 9.10. The van der Waals surface area contributed by atoms with Crippen molar-refractivity contribution in [2.45, 2.75) is 32.0 Å². The third-order valence-electron chi connectivity index (χ3n) is 3.81. The molecule has 1 aromatic heterocycles. The number of hydrogen-bond donors (Lipinski definition) is 1. The van der Waals surface area contributed by atoms with Crippen molar-refractivity contribution in [2.24, 2.45) is 5.92 Å². The van der Waals surface area contributed by atoms with Gasteiger partial charge in [-0.1, -0.05) is 0 Å². The summed E-state index contributed by atoms with van der Waals surface area (Å²) in [7, 11) is 3.70. The van der Waals surface area contributed by atoms with E-state index < -0.39 is 0 Å². The SMILES string of the molecule is CNC(c1c(Br)cnn1CCOC)C1CCOC1C. The highest BCUT2D eigenvalue weighted by Gasteiger charge is 2.34. The predicted molar refractivity (Wildman–Crippen MR) is 77.1 cm³/mol. The maximum absolute atomic E-state index is 5.70. The zero-order valence-electron chi connectivity index (χ0n) is 11.7. The minimum atomic E-state index is 0.242. The quantitative estimate of drug-likeness (QED) is 0.865. The van der Waals surface area contributed by atoms with Crippen molar-refractivity contribution in [1.29, 1.82) is 0 Å². The molecule has 0 saturated carbocycles. The smallest absolute Gasteiger partial charge is 0.0700 e. The van der Waals surface area contributed by atoms with E-state index in [4.69, 9.17) is 9.47 Å². The molecule has 0 amide bonds. The minimum absolute atomic E-state index is 0.242. The molecule has 0 aromatic carbocycles. The van der Waals surface area contributed by atoms with Crippen molar-refractivity contribution >= 4 is 15.9 Å². The van der Waals surface area contributed by atoms with Crippen molar-refractivity contribution in [3.63, 3.8) is 0 Å². The van der Waals surface area contributed by atoms with Gasteiger partial charge in [-0.05, 0) is 36.3 Å². The fourth-order valence-corrected chi connectivity index (χ4v) is 3.32. The minimum Gasteiger partial charge on any atom is -0.383 e. The molecule has 108 valence electrons. The van der Waals surface area contributed by atoms with E-state index in [0.717, 1.165) is 24.0 Å². The first-order valence-corrected chi connectivity index (χ1v) is 7.47. The molecule has 2 heterocycles. The molecule has 3 unspecified atom stereocenters. The summed E-state index contributed by atoms with van der Waals surface area (Å²) in [4.78, 5) is 0. The molecule has 1 saturated heterocycles. The molecule has 3 atom stereocenters. The van der Waals surface area contributed by atoms with E-state index in [-0.39, 0.29) is 12.1 Å². The Kier molecular flexibility index (Phi) is 5.38. The van der Waals surface area contributed by atoms with E-state index in [1.807, 2.05) is 17.9 Å². The van der Waals surface area contributed by atoms with Gasteiger partial charge in [0.2, 0.25) is 0 Å². The number of methoxy groups -OCH3 is 1. The molecule has 1 fully saturated rings. The van der Waals surface area contributed by atoms with Crippen LogP contribution in [0.5, 0.6) is 0 Å². The lowest BCUT2D eigenvalue weighted by molar-refractivity contribution is 0.0948. The molecule has 0 bridgehead atoms. The second-order valence-corrected chi connectivity index (χ2v) is 5.74. The summed E-state index contributed by atoms with van der Waals surface area (Å²) >= 11 is 3.61. The fourth-order valence-electron chi connectivity index (χ4n) is 2.78. The zero-order valence-corrected chi connectivity index (χ0v) is 13.3. The Bertz CT molecular complexity index is 411. The van der Waals surface area contributed by atoms with Gasteiger partial charge < -0.3 is 14.8 Å². The number of hydrogen-bond acceptors (Lipinski definition) is 4. The Morgan fingerprint density at radius 2 is 2.47 bits per heavy atom. The van der Waals surface area contributed by atoms with Crippen LogP contribution in [-0.2, 0) is 16.0 Å². The normalized spacial score (nSPS) is 24.8. The summed E-state index contributed by atoms with van der Waals surface area (Å²) in [6.07, 6.45) is 3.21. The van der Waals surface area contributed by atoms with E-state index in [9.17, 15) is 0 Å². The van der Waals surface area contributed by atoms with Crippen LogP contribution in [-0.4, -0.2) is 43.3 Å². The van der Waals surface area contributed by atoms with Gasteiger partial charge in [-0.3, -0.25) is 4.68 Å². The highest BCUT2D eigenvalue weighted by atomic mass is 79.9. The third kappa shape index (κ3) is 3.18. The summed E-state index contributed by atoms with van der Waals surface area (Å²) in [5, 5.41) is 7.85. The maximum Gasteiger partial charge on any atom is 0.0700 e. The molecule has 0 radical (unpaired) electrons. The Morgan fingerprint density at radius 3 is 3.05 bits per heavy atom. The van der Waals surface area contributed by atoms with Gasteiger partial charge in [0.15, 0.2) is 0 Å². The zero-order chi connectivity index (χ0) is 13.8. The molecule has 1 N–H and O–H groups in total. The average Bonchev–Trinajstić information content (AvgIpc) is 2.97. The van der Waals surface area contributed by atoms with Crippen LogP contribution < -0.4 is 5.32 Å². The first kappa shape index (κ1) is 15.0. The molecule has 1 aliphatic heterocycles. The topological polar surface area (TPSA) is 48.3 Å². The van der Waals surface area contributed by atoms with E-state index >= 15 is 0 Å². The summed E-state index contributed by atoms with van der Waals surface area (Å²) < 4.78 is 13.9. The summed E-state index contributed by atoms with van der Waals surface area (Å²) in [5.41, 5.74) is 1.18. The second kappa shape index (κ2) is 6.83. The molecule has 0 spiro atoms. The van der Waals surface area contributed by atoms with Crippen LogP contribution in [0.25, 0.3) is 0 Å². The number of nitrogens with one attached hydrogen (secondary N) is 1. The Balaban J connectivity index is 2.24. The largest absolute Gasteiger partial charge is 0.383 e. The van der Waals surface area contributed by atoms with Crippen LogP contribution in [0.15, 0.2) is 10.7 Å². The lowest BCUT2D eigenvalue weighted by atomic mass is 9.91. The Morgan fingerprint density at radius 1 is 1.68 bits per heavy atom. The van der Waals surface area contributed by atoms with Crippen molar-refractivity contribution < 1.29 is 9.47 Å². The van der Waals surface area contributed by atoms with Gasteiger partial charge in [0, 0.05) is 19.6 Å². The molecular formula is C13H22BrN3O2. The first-order chi connectivity index (χ1) is 9.19. The van der Waals surface area contributed by atoms with Crippen LogP contribution in [0.2, 0.25) is 0 Å². The Labute approximate surface area is 122 Å². The monoisotopic (exact) mass is 331 g/mol. The van der Waals surface area contributed by atoms with Gasteiger partial charge in [-0.15, -0.1) is 0 Å². The van der Waals surface area contributed by atoms with Gasteiger partial charge in [-0.2, -0.15) is 5.10 Å². The van der Waals surface area contributed by atoms with Crippen molar-refractivity contribution in [1.82, 2.24) is 15.1 Å². The lowest BCUT2D eigenvalue weighted by Gasteiger charge is -2.26. The van der Waals surface area contributed by atoms with Gasteiger partial charge in [0.1, 0.15) is 0 Å². The van der Waals surface area contributed by atoms with Crippen LogP contribution in [0.1, 0.15) is 25.1 Å². The summed E-state index contributed by atoms with van der Waals surface area (Å²) in [6.45, 7) is 4.41. The molecule has 19 heavy (non-hydrogen) atoms. The lowest BCUT2D eigenvalue weighted by Crippen LogP contribution is -2.32. The van der Waals surface area contributed by atoms with Crippen molar-refractivity contribution in [3.8, 4) is 0 Å². The number of rotatable bonds is 6. The van der Waals surface area contributed by atoms with Gasteiger partial charge in [-0.25, -0.2) is 0 Å². The molecular weight excluding hydrogens is 310 g/mol. The second-order valence-electron chi connectivity index (χ2n) is 4.89. The van der Waals surface area contributed by atoms with E-state index in [2.05, 4.69) is 33.3 Å².